The predicted octanol–water partition coefficient (Wildman–Crippen LogP) is 0.507. The number of benzene rings is 2. The van der Waals surface area contributed by atoms with E-state index in [1.165, 1.54) is 0 Å². The molecule has 0 aliphatic rings. The third kappa shape index (κ3) is 7.34. The van der Waals surface area contributed by atoms with E-state index in [0.29, 0.717) is 22.5 Å². The number of Topliss-reactive ketones (excluding diaryl/α,β-unsaturated/α-hetero) is 2. The van der Waals surface area contributed by atoms with Gasteiger partial charge in [-0.15, -0.1) is 0 Å². The van der Waals surface area contributed by atoms with E-state index in [1.807, 2.05) is 0 Å². The van der Waals surface area contributed by atoms with E-state index < -0.39 is 24.0 Å². The monoisotopic (exact) mass is 416 g/mol. The lowest BCUT2D eigenvalue weighted by molar-refractivity contribution is -0.139. The highest BCUT2D eigenvalue weighted by molar-refractivity contribution is 6.03. The van der Waals surface area contributed by atoms with Crippen molar-refractivity contribution in [2.24, 2.45) is 11.5 Å². The Hall–Kier alpha value is -3.76. The molecule has 30 heavy (non-hydrogen) atoms. The van der Waals surface area contributed by atoms with Gasteiger partial charge < -0.3 is 33.1 Å². The number of hydrogen-bond acceptors (Lipinski definition) is 8. The summed E-state index contributed by atoms with van der Waals surface area (Å²) in [5.74, 6) is -3.11. The fraction of sp³-hybridized carbons (Fsp3) is 0.200. The number of ketones is 2. The van der Waals surface area contributed by atoms with E-state index >= 15 is 0 Å². The highest BCUT2D eigenvalue weighted by Gasteiger charge is 2.19. The van der Waals surface area contributed by atoms with Gasteiger partial charge in [0, 0.05) is 35.3 Å². The van der Waals surface area contributed by atoms with Crippen LogP contribution in [0.2, 0.25) is 0 Å². The number of anilines is 2. The summed E-state index contributed by atoms with van der Waals surface area (Å²) in [6.45, 7) is 0. The Balaban J connectivity index is 0.000000300. The summed E-state index contributed by atoms with van der Waals surface area (Å²) >= 11 is 0. The molecule has 10 heteroatoms. The predicted molar refractivity (Wildman–Crippen MR) is 111 cm³/mol. The van der Waals surface area contributed by atoms with Crippen LogP contribution in [0, 0.1) is 0 Å². The van der Waals surface area contributed by atoms with Crippen molar-refractivity contribution in [1.29, 1.82) is 0 Å². The van der Waals surface area contributed by atoms with Crippen LogP contribution < -0.4 is 22.9 Å². The van der Waals surface area contributed by atoms with Crippen LogP contribution in [0.15, 0.2) is 48.5 Å². The van der Waals surface area contributed by atoms with Gasteiger partial charge in [0.05, 0.1) is 0 Å². The number of aliphatic carboxylic acids is 2. The quantitative estimate of drug-likeness (QED) is 0.259. The molecule has 2 rings (SSSR count). The minimum Gasteiger partial charge on any atom is -0.480 e. The van der Waals surface area contributed by atoms with Gasteiger partial charge in [-0.2, -0.15) is 0 Å². The van der Waals surface area contributed by atoms with E-state index in [9.17, 15) is 19.2 Å². The molecule has 0 spiro atoms. The average Bonchev–Trinajstić information content (AvgIpc) is 2.68. The highest BCUT2D eigenvalue weighted by Crippen LogP contribution is 2.14. The van der Waals surface area contributed by atoms with Crippen molar-refractivity contribution in [1.82, 2.24) is 0 Å². The van der Waals surface area contributed by atoms with Crippen molar-refractivity contribution in [2.75, 3.05) is 11.5 Å². The largest absolute Gasteiger partial charge is 0.480 e. The molecule has 0 amide bonds. The van der Waals surface area contributed by atoms with Crippen molar-refractivity contribution in [3.8, 4) is 0 Å². The third-order valence-electron chi connectivity index (χ3n) is 3.97. The molecule has 10 nitrogen and oxygen atoms in total. The zero-order valence-electron chi connectivity index (χ0n) is 16.0. The summed E-state index contributed by atoms with van der Waals surface area (Å²) < 4.78 is 0. The molecule has 0 heterocycles. The number of carbonyl (C=O) groups excluding carboxylic acids is 2. The Morgan fingerprint density at radius 3 is 1.23 bits per heavy atom. The minimum absolute atomic E-state index is 0.246. The van der Waals surface area contributed by atoms with Crippen LogP contribution in [0.5, 0.6) is 0 Å². The summed E-state index contributed by atoms with van der Waals surface area (Å²) in [5.41, 5.74) is 22.9. The van der Waals surface area contributed by atoms with Crippen LogP contribution in [0.4, 0.5) is 11.4 Å². The van der Waals surface area contributed by atoms with Gasteiger partial charge >= 0.3 is 11.9 Å². The zero-order chi connectivity index (χ0) is 22.8. The Morgan fingerprint density at radius 1 is 0.667 bits per heavy atom. The number of nitrogens with two attached hydrogens (primary N) is 4. The number of carboxylic acids is 2. The molecule has 0 aliphatic heterocycles. The Kier molecular flexibility index (Phi) is 9.14. The van der Waals surface area contributed by atoms with Gasteiger partial charge in [-0.3, -0.25) is 19.2 Å². The summed E-state index contributed by atoms with van der Waals surface area (Å²) in [6.07, 6.45) is -0.493. The van der Waals surface area contributed by atoms with E-state index in [1.54, 1.807) is 48.5 Å². The summed E-state index contributed by atoms with van der Waals surface area (Å²) in [6, 6.07) is 10.6. The second-order valence-electron chi connectivity index (χ2n) is 6.32. The molecular formula is C20H24N4O6. The lowest BCUT2D eigenvalue weighted by atomic mass is 10.0. The minimum atomic E-state index is -1.20. The van der Waals surface area contributed by atoms with Crippen molar-refractivity contribution in [3.63, 3.8) is 0 Å². The molecule has 0 bridgehead atoms. The van der Waals surface area contributed by atoms with Crippen molar-refractivity contribution >= 4 is 34.9 Å². The Morgan fingerprint density at radius 2 is 0.967 bits per heavy atom. The molecule has 10 N–H and O–H groups in total. The van der Waals surface area contributed by atoms with Crippen molar-refractivity contribution in [2.45, 2.75) is 24.9 Å². The van der Waals surface area contributed by atoms with Crippen molar-refractivity contribution < 1.29 is 29.4 Å². The van der Waals surface area contributed by atoms with E-state index in [-0.39, 0.29) is 24.4 Å². The van der Waals surface area contributed by atoms with Crippen LogP contribution in [0.1, 0.15) is 33.6 Å². The van der Waals surface area contributed by atoms with Gasteiger partial charge in [0.1, 0.15) is 12.1 Å². The number of rotatable bonds is 8. The fourth-order valence-corrected chi connectivity index (χ4v) is 2.30. The lowest BCUT2D eigenvalue weighted by Gasteiger charge is -2.07. The SMILES string of the molecule is Nc1ccccc1C(=O)CC(N)C(=O)O.Nc1ccccc1C(=O)CC(N)C(=O)O. The Bertz CT molecular complexity index is 856. The molecule has 2 unspecified atom stereocenters. The molecule has 2 atom stereocenters. The third-order valence-corrected chi connectivity index (χ3v) is 3.97. The van der Waals surface area contributed by atoms with Gasteiger partial charge in [0.25, 0.3) is 0 Å². The maximum Gasteiger partial charge on any atom is 0.320 e. The zero-order valence-corrected chi connectivity index (χ0v) is 16.0. The van der Waals surface area contributed by atoms with E-state index in [0.717, 1.165) is 0 Å². The molecule has 0 saturated heterocycles. The first-order valence-electron chi connectivity index (χ1n) is 8.76. The second kappa shape index (κ2) is 11.3. The molecule has 0 saturated carbocycles. The average molecular weight is 416 g/mol. The first kappa shape index (κ1) is 24.3. The number of nitrogen functional groups attached to an aromatic ring is 2. The van der Waals surface area contributed by atoms with E-state index in [2.05, 4.69) is 0 Å². The standard InChI is InChI=1S/2C10H12N2O3/c2*11-7-4-2-1-3-6(7)9(13)5-8(12)10(14)15/h2*1-4,8H,5,11-12H2,(H,14,15). The van der Waals surface area contributed by atoms with E-state index in [4.69, 9.17) is 33.1 Å². The maximum absolute atomic E-state index is 11.6. The maximum atomic E-state index is 11.6. The molecule has 0 aliphatic carbocycles. The van der Waals surface area contributed by atoms with Gasteiger partial charge in [0.15, 0.2) is 11.6 Å². The second-order valence-corrected chi connectivity index (χ2v) is 6.32. The van der Waals surface area contributed by atoms with Crippen LogP contribution in [0.3, 0.4) is 0 Å². The van der Waals surface area contributed by atoms with Crippen LogP contribution >= 0.6 is 0 Å². The molecule has 2 aromatic rings. The molecule has 0 aromatic heterocycles. The van der Waals surface area contributed by atoms with Crippen LogP contribution in [-0.2, 0) is 9.59 Å². The number of carbonyl (C=O) groups is 4. The van der Waals surface area contributed by atoms with Crippen LogP contribution in [0.25, 0.3) is 0 Å². The highest BCUT2D eigenvalue weighted by atomic mass is 16.4. The molecule has 160 valence electrons. The number of para-hydroxylation sites is 2. The van der Waals surface area contributed by atoms with Gasteiger partial charge in [-0.05, 0) is 24.3 Å². The summed E-state index contributed by atoms with van der Waals surface area (Å²) in [7, 11) is 0. The topological polar surface area (TPSA) is 213 Å². The first-order chi connectivity index (χ1) is 14.0. The molecular weight excluding hydrogens is 392 g/mol. The Labute approximate surface area is 172 Å². The fourth-order valence-electron chi connectivity index (χ4n) is 2.30. The van der Waals surface area contributed by atoms with Gasteiger partial charge in [-0.25, -0.2) is 0 Å². The van der Waals surface area contributed by atoms with Crippen LogP contribution in [-0.4, -0.2) is 45.8 Å². The first-order valence-corrected chi connectivity index (χ1v) is 8.76. The van der Waals surface area contributed by atoms with Gasteiger partial charge in [-0.1, -0.05) is 24.3 Å². The normalized spacial score (nSPS) is 12.1. The lowest BCUT2D eigenvalue weighted by Crippen LogP contribution is -2.32. The van der Waals surface area contributed by atoms with Crippen molar-refractivity contribution in [3.05, 3.63) is 59.7 Å². The number of hydrogen-bond donors (Lipinski definition) is 6. The molecule has 0 fully saturated rings. The number of carboxylic acid groups (broad SMARTS) is 2. The smallest absolute Gasteiger partial charge is 0.320 e. The van der Waals surface area contributed by atoms with Gasteiger partial charge in [0.2, 0.25) is 0 Å². The summed E-state index contributed by atoms with van der Waals surface area (Å²) in [4.78, 5) is 44.0. The summed E-state index contributed by atoms with van der Waals surface area (Å²) in [5, 5.41) is 17.1. The molecule has 0 radical (unpaired) electrons. The molecule has 2 aromatic carbocycles.